The Morgan fingerprint density at radius 2 is 2.21 bits per heavy atom. The highest BCUT2D eigenvalue weighted by Crippen LogP contribution is 2.13. The van der Waals surface area contributed by atoms with Gasteiger partial charge in [0.1, 0.15) is 11.9 Å². The van der Waals surface area contributed by atoms with Crippen LogP contribution in [0.4, 0.5) is 0 Å². The molecule has 1 heterocycles. The first-order valence-corrected chi connectivity index (χ1v) is 6.89. The number of hydrogen-bond donors (Lipinski definition) is 0. The van der Waals surface area contributed by atoms with Crippen LogP contribution in [0, 0.1) is 0 Å². The van der Waals surface area contributed by atoms with Crippen molar-refractivity contribution in [3.05, 3.63) is 12.7 Å². The monoisotopic (exact) mass is 242 g/mol. The van der Waals surface area contributed by atoms with Crippen LogP contribution in [0.3, 0.4) is 0 Å². The summed E-state index contributed by atoms with van der Waals surface area (Å²) in [7, 11) is -7.33. The van der Waals surface area contributed by atoms with Gasteiger partial charge in [0.05, 0.1) is 12.4 Å². The number of hydrogen-bond acceptors (Lipinski definition) is 6. The van der Waals surface area contributed by atoms with Gasteiger partial charge in [0, 0.05) is 0 Å². The van der Waals surface area contributed by atoms with Gasteiger partial charge in [-0.2, -0.15) is 16.8 Å². The van der Waals surface area contributed by atoms with Crippen LogP contribution in [-0.4, -0.2) is 41.1 Å². The van der Waals surface area contributed by atoms with E-state index in [4.69, 9.17) is 0 Å². The van der Waals surface area contributed by atoms with Gasteiger partial charge in [-0.05, 0) is 0 Å². The normalized spacial score (nSPS) is 26.1. The molecular weight excluding hydrogens is 232 g/mol. The maximum Gasteiger partial charge on any atom is 0.271 e. The molecule has 0 aromatic rings. The molecule has 0 spiro atoms. The summed E-state index contributed by atoms with van der Waals surface area (Å²) in [6, 6.07) is 0. The van der Waals surface area contributed by atoms with Crippen molar-refractivity contribution in [3.63, 3.8) is 0 Å². The van der Waals surface area contributed by atoms with Gasteiger partial charge in [-0.1, -0.05) is 6.08 Å². The predicted molar refractivity (Wildman–Crippen MR) is 48.6 cm³/mol. The van der Waals surface area contributed by atoms with Crippen LogP contribution in [0.25, 0.3) is 0 Å². The Kier molecular flexibility index (Phi) is 3.30. The second kappa shape index (κ2) is 3.97. The Morgan fingerprint density at radius 3 is 2.64 bits per heavy atom. The first-order valence-electron chi connectivity index (χ1n) is 3.73. The summed E-state index contributed by atoms with van der Waals surface area (Å²) in [5.74, 6) is -0.771. The average Bonchev–Trinajstić information content (AvgIpc) is 2.28. The van der Waals surface area contributed by atoms with Crippen LogP contribution in [-0.2, 0) is 28.6 Å². The molecule has 8 heteroatoms. The molecule has 0 bridgehead atoms. The fraction of sp³-hybridized carbons (Fsp3) is 0.667. The highest BCUT2D eigenvalue weighted by atomic mass is 32.2. The summed E-state index contributed by atoms with van der Waals surface area (Å²) in [5, 5.41) is 0. The van der Waals surface area contributed by atoms with E-state index >= 15 is 0 Å². The van der Waals surface area contributed by atoms with E-state index in [0.717, 1.165) is 0 Å². The van der Waals surface area contributed by atoms with Crippen molar-refractivity contribution in [2.24, 2.45) is 0 Å². The van der Waals surface area contributed by atoms with Crippen LogP contribution >= 0.6 is 0 Å². The maximum absolute atomic E-state index is 11.1. The van der Waals surface area contributed by atoms with Crippen molar-refractivity contribution in [1.82, 2.24) is 0 Å². The molecule has 6 nitrogen and oxygen atoms in total. The summed E-state index contributed by atoms with van der Waals surface area (Å²) in [6.45, 7) is 2.99. The van der Waals surface area contributed by atoms with Gasteiger partial charge in [0.25, 0.3) is 20.2 Å². The van der Waals surface area contributed by atoms with Crippen molar-refractivity contribution in [3.8, 4) is 0 Å². The zero-order valence-electron chi connectivity index (χ0n) is 7.25. The minimum Gasteiger partial charge on any atom is -0.267 e. The van der Waals surface area contributed by atoms with E-state index in [1.807, 2.05) is 0 Å². The molecule has 1 unspecified atom stereocenters. The van der Waals surface area contributed by atoms with Crippen LogP contribution < -0.4 is 0 Å². The zero-order valence-corrected chi connectivity index (χ0v) is 8.88. The average molecular weight is 242 g/mol. The summed E-state index contributed by atoms with van der Waals surface area (Å²) in [6.07, 6.45) is 0.226. The Hall–Kier alpha value is -0.440. The van der Waals surface area contributed by atoms with E-state index in [2.05, 4.69) is 14.9 Å². The fourth-order valence-electron chi connectivity index (χ4n) is 0.950. The van der Waals surface area contributed by atoms with E-state index in [0.29, 0.717) is 0 Å². The van der Waals surface area contributed by atoms with E-state index in [1.54, 1.807) is 0 Å². The molecule has 1 atom stereocenters. The Balaban J connectivity index is 2.60. The number of rotatable bonds is 4. The Bertz CT molecular complexity index is 406. The molecule has 1 fully saturated rings. The second-order valence-corrected chi connectivity index (χ2v) is 6.07. The SMILES string of the molecule is C=CCS(=O)(=O)OC1COS(=O)(=O)C1. The third kappa shape index (κ3) is 3.37. The molecule has 1 aliphatic heterocycles. The molecule has 1 rings (SSSR count). The molecule has 14 heavy (non-hydrogen) atoms. The lowest BCUT2D eigenvalue weighted by Gasteiger charge is -2.06. The highest BCUT2D eigenvalue weighted by Gasteiger charge is 2.32. The third-order valence-corrected chi connectivity index (χ3v) is 3.91. The van der Waals surface area contributed by atoms with E-state index in [1.165, 1.54) is 6.08 Å². The summed E-state index contributed by atoms with van der Waals surface area (Å²) < 4.78 is 52.5. The highest BCUT2D eigenvalue weighted by molar-refractivity contribution is 7.87. The van der Waals surface area contributed by atoms with Gasteiger partial charge in [0.15, 0.2) is 0 Å². The molecule has 1 aliphatic rings. The largest absolute Gasteiger partial charge is 0.271 e. The van der Waals surface area contributed by atoms with Gasteiger partial charge in [-0.25, -0.2) is 0 Å². The van der Waals surface area contributed by atoms with Crippen LogP contribution in [0.1, 0.15) is 0 Å². The van der Waals surface area contributed by atoms with Gasteiger partial charge in [-0.3, -0.25) is 8.37 Å². The molecule has 0 aromatic carbocycles. The van der Waals surface area contributed by atoms with Gasteiger partial charge in [-0.15, -0.1) is 6.58 Å². The van der Waals surface area contributed by atoms with Crippen LogP contribution in [0.15, 0.2) is 12.7 Å². The van der Waals surface area contributed by atoms with Crippen molar-refractivity contribution >= 4 is 20.2 Å². The topological polar surface area (TPSA) is 86.7 Å². The molecule has 0 amide bonds. The smallest absolute Gasteiger partial charge is 0.267 e. The summed E-state index contributed by atoms with van der Waals surface area (Å²) in [4.78, 5) is 0. The molecular formula is C6H10O6S2. The third-order valence-electron chi connectivity index (χ3n) is 1.43. The van der Waals surface area contributed by atoms with E-state index in [9.17, 15) is 16.8 Å². The van der Waals surface area contributed by atoms with Crippen LogP contribution in [0.2, 0.25) is 0 Å². The van der Waals surface area contributed by atoms with Crippen molar-refractivity contribution in [1.29, 1.82) is 0 Å². The summed E-state index contributed by atoms with van der Waals surface area (Å²) in [5.41, 5.74) is 0. The molecule has 0 aliphatic carbocycles. The van der Waals surface area contributed by atoms with Gasteiger partial charge >= 0.3 is 0 Å². The molecule has 0 aromatic heterocycles. The lowest BCUT2D eigenvalue weighted by Crippen LogP contribution is -2.23. The molecule has 1 saturated heterocycles. The van der Waals surface area contributed by atoms with Crippen molar-refractivity contribution in [2.75, 3.05) is 18.1 Å². The first-order chi connectivity index (χ1) is 6.35. The quantitative estimate of drug-likeness (QED) is 0.476. The van der Waals surface area contributed by atoms with E-state index < -0.39 is 32.1 Å². The fourth-order valence-corrected chi connectivity index (χ4v) is 3.02. The van der Waals surface area contributed by atoms with Crippen molar-refractivity contribution in [2.45, 2.75) is 6.10 Å². The standard InChI is InChI=1S/C6H10O6S2/c1-2-3-13(7,8)12-6-4-11-14(9,10)5-6/h2,6H,1,3-5H2. The minimum absolute atomic E-state index is 0.251. The molecule has 82 valence electrons. The van der Waals surface area contributed by atoms with Gasteiger partial charge < -0.3 is 0 Å². The Morgan fingerprint density at radius 1 is 1.57 bits per heavy atom. The first kappa shape index (κ1) is 11.6. The van der Waals surface area contributed by atoms with E-state index in [-0.39, 0.29) is 12.4 Å². The molecule has 0 saturated carbocycles. The molecule has 0 radical (unpaired) electrons. The molecule has 0 N–H and O–H groups in total. The van der Waals surface area contributed by atoms with Crippen molar-refractivity contribution < 1.29 is 25.2 Å². The Labute approximate surface area is 82.8 Å². The van der Waals surface area contributed by atoms with Gasteiger partial charge in [0.2, 0.25) is 0 Å². The zero-order chi connectivity index (χ0) is 10.8. The summed E-state index contributed by atoms with van der Waals surface area (Å²) >= 11 is 0. The van der Waals surface area contributed by atoms with Crippen LogP contribution in [0.5, 0.6) is 0 Å². The lowest BCUT2D eigenvalue weighted by atomic mass is 10.5. The lowest BCUT2D eigenvalue weighted by molar-refractivity contribution is 0.186. The second-order valence-electron chi connectivity index (χ2n) is 2.74. The minimum atomic E-state index is -3.73. The predicted octanol–water partition coefficient (Wildman–Crippen LogP) is -0.753. The maximum atomic E-state index is 11.1.